The lowest BCUT2D eigenvalue weighted by Gasteiger charge is -2.03. The van der Waals surface area contributed by atoms with Crippen molar-refractivity contribution in [2.24, 2.45) is 0 Å². The van der Waals surface area contributed by atoms with Crippen LogP contribution in [0.3, 0.4) is 0 Å². The fourth-order valence-electron chi connectivity index (χ4n) is 0.444. The third kappa shape index (κ3) is 5.54. The van der Waals surface area contributed by atoms with Crippen molar-refractivity contribution in [2.45, 2.75) is 13.0 Å². The van der Waals surface area contributed by atoms with Crippen LogP contribution >= 0.6 is 0 Å². The summed E-state index contributed by atoms with van der Waals surface area (Å²) in [4.78, 5) is 0. The molecular weight excluding hydrogens is 133 g/mol. The van der Waals surface area contributed by atoms with Gasteiger partial charge in [0.25, 0.3) is 0 Å². The van der Waals surface area contributed by atoms with E-state index in [2.05, 4.69) is 17.2 Å². The maximum absolute atomic E-state index is 11.6. The van der Waals surface area contributed by atoms with E-state index in [-0.39, 0.29) is 6.54 Å². The SMILES string of the molecule is CC#CCNCC(O)CF. The highest BCUT2D eigenvalue weighted by Crippen LogP contribution is 1.79. The van der Waals surface area contributed by atoms with Gasteiger partial charge >= 0.3 is 0 Å². The normalized spacial score (nSPS) is 11.9. The third-order valence-electron chi connectivity index (χ3n) is 0.948. The molecule has 1 atom stereocenters. The summed E-state index contributed by atoms with van der Waals surface area (Å²) in [5, 5.41) is 11.4. The summed E-state index contributed by atoms with van der Waals surface area (Å²) >= 11 is 0. The van der Waals surface area contributed by atoms with Crippen LogP contribution in [0.25, 0.3) is 0 Å². The summed E-state index contributed by atoms with van der Waals surface area (Å²) in [5.41, 5.74) is 0. The molecule has 0 aromatic carbocycles. The Bertz CT molecular complexity index is 127. The zero-order valence-electron chi connectivity index (χ0n) is 6.02. The quantitative estimate of drug-likeness (QED) is 0.428. The van der Waals surface area contributed by atoms with E-state index >= 15 is 0 Å². The van der Waals surface area contributed by atoms with Crippen molar-refractivity contribution in [1.29, 1.82) is 0 Å². The monoisotopic (exact) mass is 145 g/mol. The van der Waals surface area contributed by atoms with Crippen molar-refractivity contribution >= 4 is 0 Å². The van der Waals surface area contributed by atoms with Crippen LogP contribution in [0.1, 0.15) is 6.92 Å². The maximum Gasteiger partial charge on any atom is 0.117 e. The first kappa shape index (κ1) is 9.41. The molecular formula is C7H12FNO. The summed E-state index contributed by atoms with van der Waals surface area (Å²) in [6.45, 7) is 1.80. The van der Waals surface area contributed by atoms with Crippen LogP contribution in [-0.4, -0.2) is 31.0 Å². The minimum Gasteiger partial charge on any atom is -0.389 e. The van der Waals surface area contributed by atoms with E-state index in [4.69, 9.17) is 5.11 Å². The first-order valence-electron chi connectivity index (χ1n) is 3.15. The zero-order chi connectivity index (χ0) is 7.82. The molecule has 0 fully saturated rings. The molecule has 0 aromatic heterocycles. The second-order valence-electron chi connectivity index (χ2n) is 1.87. The Hall–Kier alpha value is -0.590. The van der Waals surface area contributed by atoms with Crippen LogP contribution in [0.4, 0.5) is 4.39 Å². The van der Waals surface area contributed by atoms with E-state index in [0.29, 0.717) is 6.54 Å². The Balaban J connectivity index is 3.08. The molecule has 0 rings (SSSR count). The minimum absolute atomic E-state index is 0.269. The van der Waals surface area contributed by atoms with Gasteiger partial charge in [-0.05, 0) is 6.92 Å². The molecule has 58 valence electrons. The predicted molar refractivity (Wildman–Crippen MR) is 38.3 cm³/mol. The minimum atomic E-state index is -0.890. The van der Waals surface area contributed by atoms with E-state index in [1.54, 1.807) is 6.92 Å². The molecule has 2 N–H and O–H groups in total. The van der Waals surface area contributed by atoms with Crippen LogP contribution < -0.4 is 5.32 Å². The summed E-state index contributed by atoms with van der Waals surface area (Å²) in [6, 6.07) is 0. The van der Waals surface area contributed by atoms with Crippen LogP contribution in [0, 0.1) is 11.8 Å². The third-order valence-corrected chi connectivity index (χ3v) is 0.948. The van der Waals surface area contributed by atoms with Gasteiger partial charge in [0.2, 0.25) is 0 Å². The number of aliphatic hydroxyl groups excluding tert-OH is 1. The van der Waals surface area contributed by atoms with Crippen LogP contribution in [-0.2, 0) is 0 Å². The first-order chi connectivity index (χ1) is 4.81. The van der Waals surface area contributed by atoms with E-state index in [9.17, 15) is 4.39 Å². The van der Waals surface area contributed by atoms with Gasteiger partial charge in [0.15, 0.2) is 0 Å². The topological polar surface area (TPSA) is 32.3 Å². The number of hydrogen-bond acceptors (Lipinski definition) is 2. The average molecular weight is 145 g/mol. The highest BCUT2D eigenvalue weighted by molar-refractivity contribution is 4.96. The molecule has 3 heteroatoms. The lowest BCUT2D eigenvalue weighted by molar-refractivity contribution is 0.139. The van der Waals surface area contributed by atoms with Crippen molar-refractivity contribution in [2.75, 3.05) is 19.8 Å². The molecule has 0 aliphatic heterocycles. The van der Waals surface area contributed by atoms with Crippen molar-refractivity contribution in [3.63, 3.8) is 0 Å². The number of rotatable bonds is 4. The van der Waals surface area contributed by atoms with E-state index < -0.39 is 12.8 Å². The van der Waals surface area contributed by atoms with Gasteiger partial charge in [-0.1, -0.05) is 5.92 Å². The molecule has 10 heavy (non-hydrogen) atoms. The van der Waals surface area contributed by atoms with Gasteiger partial charge in [-0.15, -0.1) is 5.92 Å². The Morgan fingerprint density at radius 1 is 1.70 bits per heavy atom. The van der Waals surface area contributed by atoms with Gasteiger partial charge in [0.1, 0.15) is 6.67 Å². The second kappa shape index (κ2) is 6.53. The van der Waals surface area contributed by atoms with Crippen LogP contribution in [0.15, 0.2) is 0 Å². The number of aliphatic hydroxyl groups is 1. The number of halogens is 1. The van der Waals surface area contributed by atoms with E-state index in [1.807, 2.05) is 0 Å². The smallest absolute Gasteiger partial charge is 0.117 e. The van der Waals surface area contributed by atoms with Gasteiger partial charge in [0, 0.05) is 6.54 Å². The van der Waals surface area contributed by atoms with Gasteiger partial charge in [-0.2, -0.15) is 0 Å². The van der Waals surface area contributed by atoms with Gasteiger partial charge in [-0.3, -0.25) is 0 Å². The number of alkyl halides is 1. The average Bonchev–Trinajstić information content (AvgIpc) is 1.98. The lowest BCUT2D eigenvalue weighted by Crippen LogP contribution is -2.28. The van der Waals surface area contributed by atoms with Crippen molar-refractivity contribution < 1.29 is 9.50 Å². The van der Waals surface area contributed by atoms with Gasteiger partial charge in [-0.25, -0.2) is 4.39 Å². The molecule has 0 spiro atoms. The summed E-state index contributed by atoms with van der Waals surface area (Å²) in [5.74, 6) is 5.40. The second-order valence-corrected chi connectivity index (χ2v) is 1.87. The molecule has 2 nitrogen and oxygen atoms in total. The van der Waals surface area contributed by atoms with E-state index in [1.165, 1.54) is 0 Å². The highest BCUT2D eigenvalue weighted by atomic mass is 19.1. The summed E-state index contributed by atoms with van der Waals surface area (Å²) < 4.78 is 11.6. The fraction of sp³-hybridized carbons (Fsp3) is 0.714. The molecule has 0 amide bonds. The number of nitrogens with one attached hydrogen (secondary N) is 1. The standard InChI is InChI=1S/C7H12FNO/c1-2-3-4-9-6-7(10)5-8/h7,9-10H,4-6H2,1H3. The van der Waals surface area contributed by atoms with Crippen molar-refractivity contribution in [3.8, 4) is 11.8 Å². The Morgan fingerprint density at radius 2 is 2.40 bits per heavy atom. The molecule has 0 saturated carbocycles. The van der Waals surface area contributed by atoms with Gasteiger partial charge in [0.05, 0.1) is 12.6 Å². The van der Waals surface area contributed by atoms with E-state index in [0.717, 1.165) is 0 Å². The van der Waals surface area contributed by atoms with Crippen molar-refractivity contribution in [3.05, 3.63) is 0 Å². The molecule has 0 aliphatic carbocycles. The molecule has 0 aliphatic rings. The summed E-state index contributed by atoms with van der Waals surface area (Å²) in [6.07, 6.45) is -0.890. The molecule has 0 aromatic rings. The molecule has 1 unspecified atom stereocenters. The number of hydrogen-bond donors (Lipinski definition) is 2. The van der Waals surface area contributed by atoms with Crippen molar-refractivity contribution in [1.82, 2.24) is 5.32 Å². The molecule has 0 bridgehead atoms. The largest absolute Gasteiger partial charge is 0.389 e. The molecule has 0 heterocycles. The summed E-state index contributed by atoms with van der Waals surface area (Å²) in [7, 11) is 0. The Kier molecular flexibility index (Phi) is 6.14. The maximum atomic E-state index is 11.6. The molecule has 0 radical (unpaired) electrons. The Labute approximate surface area is 60.4 Å². The Morgan fingerprint density at radius 3 is 2.90 bits per heavy atom. The lowest BCUT2D eigenvalue weighted by atomic mass is 10.4. The zero-order valence-corrected chi connectivity index (χ0v) is 6.02. The predicted octanol–water partition coefficient (Wildman–Crippen LogP) is -0.0703. The van der Waals surface area contributed by atoms with Crippen LogP contribution in [0.2, 0.25) is 0 Å². The molecule has 0 saturated heterocycles. The highest BCUT2D eigenvalue weighted by Gasteiger charge is 1.99. The fourth-order valence-corrected chi connectivity index (χ4v) is 0.444. The van der Waals surface area contributed by atoms with Gasteiger partial charge < -0.3 is 10.4 Å². The first-order valence-corrected chi connectivity index (χ1v) is 3.15. The van der Waals surface area contributed by atoms with Crippen LogP contribution in [0.5, 0.6) is 0 Å².